The number of hydrogen-bond acceptors (Lipinski definition) is 5. The lowest BCUT2D eigenvalue weighted by Crippen LogP contribution is -2.18. The third-order valence-corrected chi connectivity index (χ3v) is 3.43. The van der Waals surface area contributed by atoms with E-state index in [0.717, 1.165) is 6.07 Å². The normalized spacial score (nSPS) is 11.6. The van der Waals surface area contributed by atoms with Crippen molar-refractivity contribution >= 4 is 17.3 Å². The summed E-state index contributed by atoms with van der Waals surface area (Å²) < 4.78 is 13.6. The SMILES string of the molecule is CNC(=O)c1ccc(NCC(O)c2ccccc2F)c([N+](=O)[O-])c1. The number of carbonyl (C=O) groups is 1. The Bertz CT molecular complexity index is 767. The molecule has 0 heterocycles. The number of nitrogens with one attached hydrogen (secondary N) is 2. The number of amides is 1. The van der Waals surface area contributed by atoms with Gasteiger partial charge in [0, 0.05) is 30.8 Å². The summed E-state index contributed by atoms with van der Waals surface area (Å²) in [4.78, 5) is 22.1. The van der Waals surface area contributed by atoms with E-state index in [1.807, 2.05) is 0 Å². The van der Waals surface area contributed by atoms with Crippen molar-refractivity contribution in [1.82, 2.24) is 5.32 Å². The minimum Gasteiger partial charge on any atom is -0.386 e. The molecule has 2 aromatic carbocycles. The third kappa shape index (κ3) is 3.85. The number of halogens is 1. The summed E-state index contributed by atoms with van der Waals surface area (Å²) in [6, 6.07) is 9.67. The van der Waals surface area contributed by atoms with Crippen LogP contribution in [0.2, 0.25) is 0 Å². The van der Waals surface area contributed by atoms with Gasteiger partial charge in [-0.3, -0.25) is 14.9 Å². The van der Waals surface area contributed by atoms with Crippen molar-refractivity contribution < 1.29 is 19.2 Å². The van der Waals surface area contributed by atoms with Gasteiger partial charge in [0.25, 0.3) is 11.6 Å². The van der Waals surface area contributed by atoms with Gasteiger partial charge in [-0.05, 0) is 18.2 Å². The fraction of sp³-hybridized carbons (Fsp3) is 0.188. The van der Waals surface area contributed by atoms with Gasteiger partial charge in [-0.2, -0.15) is 0 Å². The van der Waals surface area contributed by atoms with Gasteiger partial charge >= 0.3 is 0 Å². The lowest BCUT2D eigenvalue weighted by atomic mass is 10.1. The van der Waals surface area contributed by atoms with Gasteiger partial charge in [0.1, 0.15) is 11.5 Å². The number of aliphatic hydroxyl groups excluding tert-OH is 1. The van der Waals surface area contributed by atoms with E-state index in [1.165, 1.54) is 37.4 Å². The standard InChI is InChI=1S/C16H16FN3O4/c1-18-16(22)10-6-7-13(14(8-10)20(23)24)19-9-15(21)11-4-2-3-5-12(11)17/h2-8,15,19,21H,9H2,1H3,(H,18,22). The highest BCUT2D eigenvalue weighted by Crippen LogP contribution is 2.27. The van der Waals surface area contributed by atoms with E-state index in [4.69, 9.17) is 0 Å². The van der Waals surface area contributed by atoms with Crippen LogP contribution < -0.4 is 10.6 Å². The number of nitro groups is 1. The van der Waals surface area contributed by atoms with Crippen molar-refractivity contribution in [2.45, 2.75) is 6.10 Å². The maximum atomic E-state index is 13.6. The molecule has 0 radical (unpaired) electrons. The van der Waals surface area contributed by atoms with Crippen LogP contribution in [-0.4, -0.2) is 29.5 Å². The number of nitrogens with zero attached hydrogens (tertiary/aromatic N) is 1. The molecule has 0 fully saturated rings. The van der Waals surface area contributed by atoms with E-state index >= 15 is 0 Å². The molecule has 8 heteroatoms. The third-order valence-electron chi connectivity index (χ3n) is 3.43. The molecule has 0 saturated heterocycles. The quantitative estimate of drug-likeness (QED) is 0.555. The molecule has 2 aromatic rings. The van der Waals surface area contributed by atoms with E-state index < -0.39 is 22.8 Å². The first-order valence-electron chi connectivity index (χ1n) is 7.11. The average Bonchev–Trinajstić information content (AvgIpc) is 2.59. The Kier molecular flexibility index (Phi) is 5.43. The highest BCUT2D eigenvalue weighted by atomic mass is 19.1. The zero-order chi connectivity index (χ0) is 17.7. The molecule has 0 saturated carbocycles. The molecule has 0 bridgehead atoms. The number of aliphatic hydroxyl groups is 1. The van der Waals surface area contributed by atoms with E-state index in [9.17, 15) is 24.4 Å². The second kappa shape index (κ2) is 7.51. The molecular weight excluding hydrogens is 317 g/mol. The number of anilines is 1. The van der Waals surface area contributed by atoms with Crippen molar-refractivity contribution in [2.75, 3.05) is 18.9 Å². The summed E-state index contributed by atoms with van der Waals surface area (Å²) in [6.45, 7) is -0.124. The molecule has 0 aliphatic heterocycles. The van der Waals surface area contributed by atoms with Gasteiger partial charge in [0.05, 0.1) is 11.0 Å². The van der Waals surface area contributed by atoms with Crippen molar-refractivity contribution in [1.29, 1.82) is 0 Å². The fourth-order valence-electron chi connectivity index (χ4n) is 2.18. The molecule has 0 aliphatic carbocycles. The zero-order valence-electron chi connectivity index (χ0n) is 12.8. The van der Waals surface area contributed by atoms with Gasteiger partial charge in [0.15, 0.2) is 0 Å². The minimum absolute atomic E-state index is 0.0923. The van der Waals surface area contributed by atoms with Crippen LogP contribution in [0.4, 0.5) is 15.8 Å². The molecular formula is C16H16FN3O4. The van der Waals surface area contributed by atoms with Crippen LogP contribution in [0.3, 0.4) is 0 Å². The number of benzene rings is 2. The predicted octanol–water partition coefficient (Wildman–Crippen LogP) is 2.24. The van der Waals surface area contributed by atoms with Crippen LogP contribution in [0.1, 0.15) is 22.0 Å². The second-order valence-electron chi connectivity index (χ2n) is 4.99. The first kappa shape index (κ1) is 17.4. The first-order chi connectivity index (χ1) is 11.4. The molecule has 24 heavy (non-hydrogen) atoms. The Hall–Kier alpha value is -3.00. The van der Waals surface area contributed by atoms with Gasteiger partial charge in [-0.25, -0.2) is 4.39 Å². The van der Waals surface area contributed by atoms with Crippen LogP contribution in [0.25, 0.3) is 0 Å². The van der Waals surface area contributed by atoms with E-state index in [-0.39, 0.29) is 29.0 Å². The topological polar surface area (TPSA) is 104 Å². The first-order valence-corrected chi connectivity index (χ1v) is 7.11. The average molecular weight is 333 g/mol. The summed E-state index contributed by atoms with van der Waals surface area (Å²) in [5.74, 6) is -1.01. The van der Waals surface area contributed by atoms with E-state index in [2.05, 4.69) is 10.6 Å². The lowest BCUT2D eigenvalue weighted by Gasteiger charge is -2.14. The van der Waals surface area contributed by atoms with Crippen LogP contribution in [-0.2, 0) is 0 Å². The molecule has 2 rings (SSSR count). The number of hydrogen-bond donors (Lipinski definition) is 3. The molecule has 3 N–H and O–H groups in total. The van der Waals surface area contributed by atoms with Crippen molar-refractivity contribution in [2.24, 2.45) is 0 Å². The van der Waals surface area contributed by atoms with Crippen molar-refractivity contribution in [3.05, 3.63) is 69.5 Å². The number of rotatable bonds is 6. The van der Waals surface area contributed by atoms with Gasteiger partial charge in [-0.1, -0.05) is 18.2 Å². The number of carbonyl (C=O) groups excluding carboxylic acids is 1. The zero-order valence-corrected chi connectivity index (χ0v) is 12.8. The Morgan fingerprint density at radius 1 is 1.33 bits per heavy atom. The van der Waals surface area contributed by atoms with Crippen LogP contribution in [0.15, 0.2) is 42.5 Å². The van der Waals surface area contributed by atoms with Crippen LogP contribution in [0.5, 0.6) is 0 Å². The molecule has 0 spiro atoms. The summed E-state index contributed by atoms with van der Waals surface area (Å²) in [5, 5.41) is 26.3. The summed E-state index contributed by atoms with van der Waals surface area (Å²) in [7, 11) is 1.42. The molecule has 126 valence electrons. The summed E-state index contributed by atoms with van der Waals surface area (Å²) in [5.41, 5.74) is 0.0545. The molecule has 1 unspecified atom stereocenters. The largest absolute Gasteiger partial charge is 0.386 e. The summed E-state index contributed by atoms with van der Waals surface area (Å²) in [6.07, 6.45) is -1.18. The minimum atomic E-state index is -1.18. The van der Waals surface area contributed by atoms with Crippen LogP contribution >= 0.6 is 0 Å². The molecule has 0 aliphatic rings. The van der Waals surface area contributed by atoms with Gasteiger partial charge in [0.2, 0.25) is 0 Å². The predicted molar refractivity (Wildman–Crippen MR) is 86.3 cm³/mol. The molecule has 7 nitrogen and oxygen atoms in total. The van der Waals surface area contributed by atoms with E-state index in [1.54, 1.807) is 6.07 Å². The number of nitro benzene ring substituents is 1. The second-order valence-corrected chi connectivity index (χ2v) is 4.99. The Morgan fingerprint density at radius 3 is 2.67 bits per heavy atom. The Labute approximate surface area is 137 Å². The molecule has 1 amide bonds. The van der Waals surface area contributed by atoms with Crippen molar-refractivity contribution in [3.8, 4) is 0 Å². The molecule has 0 aromatic heterocycles. The molecule has 1 atom stereocenters. The van der Waals surface area contributed by atoms with Crippen LogP contribution in [0, 0.1) is 15.9 Å². The summed E-state index contributed by atoms with van der Waals surface area (Å²) >= 11 is 0. The Balaban J connectivity index is 2.19. The van der Waals surface area contributed by atoms with Gasteiger partial charge in [-0.15, -0.1) is 0 Å². The monoisotopic (exact) mass is 333 g/mol. The van der Waals surface area contributed by atoms with Gasteiger partial charge < -0.3 is 15.7 Å². The fourth-order valence-corrected chi connectivity index (χ4v) is 2.18. The Morgan fingerprint density at radius 2 is 2.04 bits per heavy atom. The smallest absolute Gasteiger partial charge is 0.293 e. The highest BCUT2D eigenvalue weighted by Gasteiger charge is 2.19. The maximum absolute atomic E-state index is 13.6. The maximum Gasteiger partial charge on any atom is 0.293 e. The highest BCUT2D eigenvalue weighted by molar-refractivity contribution is 5.95. The lowest BCUT2D eigenvalue weighted by molar-refractivity contribution is -0.384. The van der Waals surface area contributed by atoms with Crippen molar-refractivity contribution in [3.63, 3.8) is 0 Å². The van der Waals surface area contributed by atoms with E-state index in [0.29, 0.717) is 0 Å².